The maximum absolute atomic E-state index is 11.8. The van der Waals surface area contributed by atoms with E-state index in [4.69, 9.17) is 0 Å². The van der Waals surface area contributed by atoms with E-state index in [0.29, 0.717) is 5.56 Å². The summed E-state index contributed by atoms with van der Waals surface area (Å²) in [7, 11) is 0. The average Bonchev–Trinajstić information content (AvgIpc) is 2.82. The molecular formula is C11H12N2OS2. The smallest absolute Gasteiger partial charge is 0.257 e. The fraction of sp³-hybridized carbons (Fsp3) is 0.273. The second-order valence-corrected chi connectivity index (χ2v) is 5.18. The van der Waals surface area contributed by atoms with Crippen molar-refractivity contribution in [2.75, 3.05) is 18.6 Å². The molecule has 1 amide bonds. The van der Waals surface area contributed by atoms with Crippen molar-refractivity contribution >= 4 is 34.6 Å². The summed E-state index contributed by atoms with van der Waals surface area (Å²) >= 11 is 3.25. The Kier molecular flexibility index (Phi) is 3.90. The molecule has 0 radical (unpaired) electrons. The molecule has 0 saturated heterocycles. The van der Waals surface area contributed by atoms with Gasteiger partial charge >= 0.3 is 0 Å². The van der Waals surface area contributed by atoms with E-state index < -0.39 is 0 Å². The molecule has 1 heterocycles. The molecule has 0 atom stereocenters. The molecular weight excluding hydrogens is 240 g/mol. The van der Waals surface area contributed by atoms with Crippen LogP contribution in [0.25, 0.3) is 0 Å². The minimum atomic E-state index is -0.0826. The minimum Gasteiger partial charge on any atom is -0.301 e. The van der Waals surface area contributed by atoms with E-state index in [1.807, 2.05) is 30.5 Å². The van der Waals surface area contributed by atoms with E-state index in [2.05, 4.69) is 10.3 Å². The summed E-state index contributed by atoms with van der Waals surface area (Å²) in [5.41, 5.74) is 0.674. The van der Waals surface area contributed by atoms with Gasteiger partial charge in [0.2, 0.25) is 0 Å². The first-order valence-electron chi connectivity index (χ1n) is 4.92. The van der Waals surface area contributed by atoms with Gasteiger partial charge in [-0.05, 0) is 30.5 Å². The summed E-state index contributed by atoms with van der Waals surface area (Å²) in [6.07, 6.45) is 2.01. The highest BCUT2D eigenvalue weighted by atomic mass is 32.2. The van der Waals surface area contributed by atoms with Crippen LogP contribution in [0.5, 0.6) is 0 Å². The summed E-state index contributed by atoms with van der Waals surface area (Å²) in [6, 6.07) is 7.56. The Balaban J connectivity index is 2.02. The third-order valence-electron chi connectivity index (χ3n) is 2.16. The maximum atomic E-state index is 11.8. The number of nitrogens with one attached hydrogen (secondary N) is 1. The van der Waals surface area contributed by atoms with Crippen molar-refractivity contribution < 1.29 is 4.79 Å². The number of nitrogens with zero attached hydrogens (tertiary/aromatic N) is 1. The summed E-state index contributed by atoms with van der Waals surface area (Å²) in [6.45, 7) is 0.797. The summed E-state index contributed by atoms with van der Waals surface area (Å²) in [5.74, 6) is 0.877. The normalized spacial score (nSPS) is 14.7. The zero-order valence-corrected chi connectivity index (χ0v) is 10.5. The molecule has 0 bridgehead atoms. The van der Waals surface area contributed by atoms with Gasteiger partial charge in [0.25, 0.3) is 5.91 Å². The van der Waals surface area contributed by atoms with Gasteiger partial charge < -0.3 is 5.32 Å². The van der Waals surface area contributed by atoms with E-state index in [0.717, 1.165) is 22.4 Å². The number of benzene rings is 1. The van der Waals surface area contributed by atoms with Crippen molar-refractivity contribution in [3.63, 3.8) is 0 Å². The molecule has 2 rings (SSSR count). The fourth-order valence-corrected chi connectivity index (χ4v) is 2.45. The minimum absolute atomic E-state index is 0.0826. The highest BCUT2D eigenvalue weighted by molar-refractivity contribution is 8.14. The molecule has 1 aromatic carbocycles. The largest absolute Gasteiger partial charge is 0.301 e. The summed E-state index contributed by atoms with van der Waals surface area (Å²) in [5, 5.41) is 3.53. The predicted molar refractivity (Wildman–Crippen MR) is 70.4 cm³/mol. The first-order chi connectivity index (χ1) is 7.79. The lowest BCUT2D eigenvalue weighted by molar-refractivity contribution is 0.0978. The Hall–Kier alpha value is -0.940. The zero-order valence-electron chi connectivity index (χ0n) is 8.90. The van der Waals surface area contributed by atoms with Crippen LogP contribution in [-0.2, 0) is 0 Å². The van der Waals surface area contributed by atoms with Gasteiger partial charge in [0.05, 0.1) is 6.54 Å². The second-order valence-electron chi connectivity index (χ2n) is 3.22. The van der Waals surface area contributed by atoms with E-state index in [1.54, 1.807) is 23.5 Å². The third kappa shape index (κ3) is 2.80. The van der Waals surface area contributed by atoms with Crippen LogP contribution in [0, 0.1) is 0 Å². The predicted octanol–water partition coefficient (Wildman–Crippen LogP) is 2.24. The summed E-state index contributed by atoms with van der Waals surface area (Å²) in [4.78, 5) is 17.1. The van der Waals surface area contributed by atoms with Gasteiger partial charge in [-0.15, -0.1) is 11.8 Å². The van der Waals surface area contributed by atoms with Crippen LogP contribution in [0.3, 0.4) is 0 Å². The molecule has 1 aliphatic rings. The Morgan fingerprint density at radius 2 is 2.19 bits per heavy atom. The van der Waals surface area contributed by atoms with Crippen LogP contribution in [-0.4, -0.2) is 29.6 Å². The molecule has 5 heteroatoms. The van der Waals surface area contributed by atoms with Gasteiger partial charge in [0.1, 0.15) is 0 Å². The Morgan fingerprint density at radius 1 is 1.44 bits per heavy atom. The van der Waals surface area contributed by atoms with Crippen molar-refractivity contribution in [3.05, 3.63) is 29.8 Å². The van der Waals surface area contributed by atoms with Crippen molar-refractivity contribution in [3.8, 4) is 0 Å². The van der Waals surface area contributed by atoms with Gasteiger partial charge in [-0.2, -0.15) is 0 Å². The lowest BCUT2D eigenvalue weighted by atomic mass is 10.2. The van der Waals surface area contributed by atoms with Crippen LogP contribution in [0.1, 0.15) is 10.4 Å². The Labute approximate surface area is 103 Å². The van der Waals surface area contributed by atoms with Crippen LogP contribution in [0.2, 0.25) is 0 Å². The van der Waals surface area contributed by atoms with E-state index in [-0.39, 0.29) is 5.91 Å². The topological polar surface area (TPSA) is 41.5 Å². The van der Waals surface area contributed by atoms with Crippen LogP contribution in [0.4, 0.5) is 0 Å². The molecule has 1 N–H and O–H groups in total. The molecule has 0 fully saturated rings. The number of thioether (sulfide) groups is 2. The number of hydrogen-bond donors (Lipinski definition) is 1. The lowest BCUT2D eigenvalue weighted by Gasteiger charge is -2.04. The number of amidine groups is 1. The number of rotatable bonds is 2. The van der Waals surface area contributed by atoms with Crippen LogP contribution >= 0.6 is 23.5 Å². The van der Waals surface area contributed by atoms with Crippen molar-refractivity contribution in [1.29, 1.82) is 0 Å². The fourth-order valence-electron chi connectivity index (χ4n) is 1.32. The molecule has 0 aromatic heterocycles. The van der Waals surface area contributed by atoms with Gasteiger partial charge in [-0.25, -0.2) is 0 Å². The molecule has 1 aliphatic heterocycles. The molecule has 0 spiro atoms. The van der Waals surface area contributed by atoms with E-state index in [9.17, 15) is 4.79 Å². The monoisotopic (exact) mass is 252 g/mol. The standard InChI is InChI=1S/C11H12N2OS2/c1-15-9-4-2-8(3-5-9)10(14)13-11-12-6-7-16-11/h2-5H,6-7H2,1H3,(H,12,13,14). The van der Waals surface area contributed by atoms with Crippen molar-refractivity contribution in [2.24, 2.45) is 4.99 Å². The lowest BCUT2D eigenvalue weighted by Crippen LogP contribution is -2.27. The average molecular weight is 252 g/mol. The number of aliphatic imine (C=N–C) groups is 1. The van der Waals surface area contributed by atoms with Crippen LogP contribution in [0.15, 0.2) is 34.2 Å². The Morgan fingerprint density at radius 3 is 2.75 bits per heavy atom. The molecule has 0 saturated carbocycles. The van der Waals surface area contributed by atoms with Gasteiger partial charge in [0, 0.05) is 16.2 Å². The molecule has 0 aliphatic carbocycles. The SMILES string of the molecule is CSc1ccc(C(=O)NC2=NCCS2)cc1. The quantitative estimate of drug-likeness (QED) is 0.821. The first-order valence-corrected chi connectivity index (χ1v) is 7.13. The number of carbonyl (C=O) groups excluding carboxylic acids is 1. The maximum Gasteiger partial charge on any atom is 0.257 e. The number of hydrogen-bond acceptors (Lipinski definition) is 4. The zero-order chi connectivity index (χ0) is 11.4. The van der Waals surface area contributed by atoms with E-state index in [1.165, 1.54) is 0 Å². The second kappa shape index (κ2) is 5.41. The molecule has 84 valence electrons. The van der Waals surface area contributed by atoms with Gasteiger partial charge in [-0.1, -0.05) is 11.8 Å². The highest BCUT2D eigenvalue weighted by Gasteiger charge is 2.12. The summed E-state index contributed by atoms with van der Waals surface area (Å²) < 4.78 is 0. The van der Waals surface area contributed by atoms with Crippen molar-refractivity contribution in [2.45, 2.75) is 4.90 Å². The number of amides is 1. The van der Waals surface area contributed by atoms with E-state index >= 15 is 0 Å². The van der Waals surface area contributed by atoms with Gasteiger partial charge in [0.15, 0.2) is 5.17 Å². The van der Waals surface area contributed by atoms with Gasteiger partial charge in [-0.3, -0.25) is 9.79 Å². The molecule has 3 nitrogen and oxygen atoms in total. The van der Waals surface area contributed by atoms with Crippen molar-refractivity contribution in [1.82, 2.24) is 5.32 Å². The molecule has 1 aromatic rings. The first kappa shape index (κ1) is 11.5. The Bertz CT molecular complexity index is 414. The third-order valence-corrected chi connectivity index (χ3v) is 3.79. The molecule has 0 unspecified atom stereocenters. The highest BCUT2D eigenvalue weighted by Crippen LogP contribution is 2.15. The molecule has 16 heavy (non-hydrogen) atoms. The number of carbonyl (C=O) groups is 1. The van der Waals surface area contributed by atoms with Crippen LogP contribution < -0.4 is 5.32 Å².